The molecule has 45 heavy (non-hydrogen) atoms. The molecule has 218 valence electrons. The lowest BCUT2D eigenvalue weighted by Gasteiger charge is -2.10. The third kappa shape index (κ3) is 7.65. The Morgan fingerprint density at radius 2 is 1.53 bits per heavy atom. The highest BCUT2D eigenvalue weighted by molar-refractivity contribution is 6.09. The second-order valence-electron chi connectivity index (χ2n) is 10.9. The molecule has 2 aliphatic rings. The van der Waals surface area contributed by atoms with Gasteiger partial charge in [-0.05, 0) is 76.4 Å². The fraction of sp³-hybridized carbons (Fsp3) is 0.0714. The topological polar surface area (TPSA) is 37.1 Å². The maximum absolute atomic E-state index is 5.14. The predicted octanol–water partition coefficient (Wildman–Crippen LogP) is 10.4. The molecule has 3 heteroatoms. The molecule has 0 spiro atoms. The molecule has 0 aromatic heterocycles. The molecule has 4 aromatic carbocycles. The van der Waals surface area contributed by atoms with Crippen LogP contribution in [-0.4, -0.2) is 18.1 Å². The fourth-order valence-electron chi connectivity index (χ4n) is 5.40. The second-order valence-corrected chi connectivity index (χ2v) is 10.9. The summed E-state index contributed by atoms with van der Waals surface area (Å²) >= 11 is 0. The number of fused-ring (bicyclic) bond motifs is 2. The van der Waals surface area contributed by atoms with Crippen LogP contribution in [0.5, 0.6) is 0 Å². The van der Waals surface area contributed by atoms with E-state index in [-0.39, 0.29) is 0 Å². The smallest absolute Gasteiger partial charge is 0.0716 e. The van der Waals surface area contributed by atoms with Gasteiger partial charge in [0.25, 0.3) is 0 Å². The van der Waals surface area contributed by atoms with Crippen LogP contribution in [0.2, 0.25) is 0 Å². The van der Waals surface area contributed by atoms with Crippen molar-refractivity contribution in [3.8, 4) is 11.1 Å². The molecule has 6 rings (SSSR count). The second kappa shape index (κ2) is 14.7. The lowest BCUT2D eigenvalue weighted by molar-refractivity contribution is 1.07. The van der Waals surface area contributed by atoms with Crippen molar-refractivity contribution in [2.45, 2.75) is 19.4 Å². The van der Waals surface area contributed by atoms with Crippen LogP contribution in [0, 0.1) is 0 Å². The lowest BCUT2D eigenvalue weighted by atomic mass is 9.99. The number of benzene rings is 4. The summed E-state index contributed by atoms with van der Waals surface area (Å²) < 4.78 is 0. The van der Waals surface area contributed by atoms with Crippen LogP contribution in [0.3, 0.4) is 0 Å². The summed E-state index contributed by atoms with van der Waals surface area (Å²) in [6.45, 7) is 4.48. The van der Waals surface area contributed by atoms with Crippen LogP contribution in [0.4, 0.5) is 0 Å². The number of aliphatic imine (C=N–C) groups is 3. The first-order chi connectivity index (χ1) is 22.3. The summed E-state index contributed by atoms with van der Waals surface area (Å²) in [7, 11) is 0. The average Bonchev–Trinajstić information content (AvgIpc) is 3.09. The van der Waals surface area contributed by atoms with E-state index in [1.807, 2.05) is 42.6 Å². The Morgan fingerprint density at radius 1 is 0.756 bits per heavy atom. The predicted molar refractivity (Wildman–Crippen MR) is 193 cm³/mol. The molecule has 0 saturated heterocycles. The van der Waals surface area contributed by atoms with Gasteiger partial charge in [-0.15, -0.1) is 0 Å². The number of allylic oxidation sites excluding steroid dienone is 11. The van der Waals surface area contributed by atoms with Crippen LogP contribution in [0.1, 0.15) is 24.0 Å². The largest absolute Gasteiger partial charge is 0.280 e. The Labute approximate surface area is 265 Å². The van der Waals surface area contributed by atoms with Crippen molar-refractivity contribution in [1.82, 2.24) is 0 Å². The van der Waals surface area contributed by atoms with E-state index in [0.717, 1.165) is 57.8 Å². The zero-order chi connectivity index (χ0) is 30.7. The molecule has 0 radical (unpaired) electrons. The molecule has 1 heterocycles. The Kier molecular flexibility index (Phi) is 9.59. The van der Waals surface area contributed by atoms with E-state index < -0.39 is 0 Å². The normalized spacial score (nSPS) is 21.0. The molecule has 1 aliphatic carbocycles. The molecule has 0 N–H and O–H groups in total. The minimum absolute atomic E-state index is 0.542. The van der Waals surface area contributed by atoms with Gasteiger partial charge in [0.05, 0.1) is 18.0 Å². The molecule has 1 aliphatic heterocycles. The molecule has 0 bridgehead atoms. The van der Waals surface area contributed by atoms with Gasteiger partial charge in [0, 0.05) is 17.5 Å². The summed E-state index contributed by atoms with van der Waals surface area (Å²) in [5.74, 6) is 0. The first kappa shape index (κ1) is 29.4. The van der Waals surface area contributed by atoms with Crippen molar-refractivity contribution >= 4 is 28.9 Å². The highest BCUT2D eigenvalue weighted by Crippen LogP contribution is 2.23. The van der Waals surface area contributed by atoms with E-state index >= 15 is 0 Å². The van der Waals surface area contributed by atoms with Gasteiger partial charge in [-0.1, -0.05) is 140 Å². The minimum Gasteiger partial charge on any atom is -0.280 e. The summed E-state index contributed by atoms with van der Waals surface area (Å²) in [5.41, 5.74) is 9.26. The van der Waals surface area contributed by atoms with E-state index in [0.29, 0.717) is 6.54 Å². The Hall–Kier alpha value is -5.67. The number of hydrogen-bond acceptors (Lipinski definition) is 3. The van der Waals surface area contributed by atoms with Crippen molar-refractivity contribution in [3.05, 3.63) is 192 Å². The lowest BCUT2D eigenvalue weighted by Crippen LogP contribution is -2.04. The SMILES string of the molecule is C=NC(=C\C(=NCc1ccc2ccccc2c1)c1ccc(-c2ccccc2)cc1)/C1=C/C=C\C=C2\C=CCC\C2=N/C=C\C=C\1. The van der Waals surface area contributed by atoms with E-state index in [4.69, 9.17) is 9.98 Å². The van der Waals surface area contributed by atoms with Crippen molar-refractivity contribution in [2.24, 2.45) is 15.0 Å². The van der Waals surface area contributed by atoms with Gasteiger partial charge < -0.3 is 0 Å². The summed E-state index contributed by atoms with van der Waals surface area (Å²) in [6.07, 6.45) is 24.5. The van der Waals surface area contributed by atoms with E-state index in [1.54, 1.807) is 0 Å². The molecular formula is C42H35N3. The van der Waals surface area contributed by atoms with Crippen molar-refractivity contribution in [2.75, 3.05) is 0 Å². The standard InChI is InChI=1S/C42H35N3/c1-43-41(37-18-7-6-16-36-17-9-10-21-40(36)44-28-12-11-19-37)30-42(38-26-24-35(25-27-38)33-13-3-2-4-14-33)45-31-32-22-23-34-15-5-8-20-39(34)29-32/h2-9,11-20,22-30H,1,10,21,31H2/b7-6-,12-11?,16-6?,18-7?,19-11+,28-12-,36-16-,37-18+,37-19?,41-30-,44-28?,44-40+,45-42?. The Bertz CT molecular complexity index is 1960. The zero-order valence-electron chi connectivity index (χ0n) is 25.3. The summed E-state index contributed by atoms with van der Waals surface area (Å²) in [4.78, 5) is 14.3. The molecular weight excluding hydrogens is 546 g/mol. The van der Waals surface area contributed by atoms with Gasteiger partial charge in [-0.2, -0.15) is 0 Å². The van der Waals surface area contributed by atoms with Crippen molar-refractivity contribution < 1.29 is 0 Å². The van der Waals surface area contributed by atoms with E-state index in [9.17, 15) is 0 Å². The van der Waals surface area contributed by atoms with Crippen molar-refractivity contribution in [1.29, 1.82) is 0 Å². The number of rotatable bonds is 7. The van der Waals surface area contributed by atoms with Gasteiger partial charge in [0.1, 0.15) is 0 Å². The molecule has 0 saturated carbocycles. The highest BCUT2D eigenvalue weighted by Gasteiger charge is 2.09. The Morgan fingerprint density at radius 3 is 2.38 bits per heavy atom. The highest BCUT2D eigenvalue weighted by atomic mass is 14.8. The van der Waals surface area contributed by atoms with Gasteiger partial charge in [-0.25, -0.2) is 0 Å². The molecule has 0 amide bonds. The molecule has 4 aromatic rings. The van der Waals surface area contributed by atoms with Gasteiger partial charge in [0.15, 0.2) is 0 Å². The quantitative estimate of drug-likeness (QED) is 0.195. The molecule has 0 unspecified atom stereocenters. The van der Waals surface area contributed by atoms with Crippen LogP contribution in [0.25, 0.3) is 21.9 Å². The number of hydrogen-bond donors (Lipinski definition) is 0. The van der Waals surface area contributed by atoms with Crippen LogP contribution < -0.4 is 0 Å². The third-order valence-corrected chi connectivity index (χ3v) is 7.82. The molecule has 3 nitrogen and oxygen atoms in total. The minimum atomic E-state index is 0.542. The zero-order valence-corrected chi connectivity index (χ0v) is 25.3. The van der Waals surface area contributed by atoms with Crippen LogP contribution in [0.15, 0.2) is 196 Å². The summed E-state index contributed by atoms with van der Waals surface area (Å²) in [6, 6.07) is 33.9. The van der Waals surface area contributed by atoms with E-state index in [2.05, 4.69) is 133 Å². The molecule has 0 atom stereocenters. The molecule has 0 fully saturated rings. The van der Waals surface area contributed by atoms with Crippen LogP contribution >= 0.6 is 0 Å². The van der Waals surface area contributed by atoms with Crippen molar-refractivity contribution in [3.63, 3.8) is 0 Å². The first-order valence-corrected chi connectivity index (χ1v) is 15.3. The van der Waals surface area contributed by atoms with Crippen LogP contribution in [-0.2, 0) is 6.54 Å². The maximum atomic E-state index is 5.14. The third-order valence-electron chi connectivity index (χ3n) is 7.82. The Balaban J connectivity index is 1.37. The summed E-state index contributed by atoms with van der Waals surface area (Å²) in [5, 5.41) is 2.43. The monoisotopic (exact) mass is 581 g/mol. The number of nitrogens with zero attached hydrogens (tertiary/aromatic N) is 3. The van der Waals surface area contributed by atoms with E-state index in [1.165, 1.54) is 16.3 Å². The van der Waals surface area contributed by atoms with Gasteiger partial charge in [-0.3, -0.25) is 15.0 Å². The first-order valence-electron chi connectivity index (χ1n) is 15.3. The van der Waals surface area contributed by atoms with Gasteiger partial charge >= 0.3 is 0 Å². The average molecular weight is 582 g/mol. The fourth-order valence-corrected chi connectivity index (χ4v) is 5.40. The maximum Gasteiger partial charge on any atom is 0.0716 e. The van der Waals surface area contributed by atoms with Gasteiger partial charge in [0.2, 0.25) is 0 Å².